The number of sulfonamides is 1. The molecule has 0 spiro atoms. The van der Waals surface area contributed by atoms with Gasteiger partial charge in [-0.2, -0.15) is 0 Å². The smallest absolute Gasteiger partial charge is 0.239 e. The molecule has 0 radical (unpaired) electrons. The van der Waals surface area contributed by atoms with E-state index < -0.39 is 10.0 Å². The Labute approximate surface area is 118 Å². The van der Waals surface area contributed by atoms with Gasteiger partial charge >= 0.3 is 0 Å². The Kier molecular flexibility index (Phi) is 4.39. The first-order valence-electron chi connectivity index (χ1n) is 6.33. The summed E-state index contributed by atoms with van der Waals surface area (Å²) in [5.74, 6) is -0.516. The maximum Gasteiger partial charge on any atom is 0.239 e. The Hall–Kier alpha value is -1.88. The van der Waals surface area contributed by atoms with Crippen LogP contribution in [0.3, 0.4) is 0 Å². The summed E-state index contributed by atoms with van der Waals surface area (Å²) in [5, 5.41) is 0. The second-order valence-electron chi connectivity index (χ2n) is 4.38. The van der Waals surface area contributed by atoms with Crippen LogP contribution in [0.1, 0.15) is 12.5 Å². The van der Waals surface area contributed by atoms with Crippen LogP contribution in [0.15, 0.2) is 54.6 Å². The summed E-state index contributed by atoms with van der Waals surface area (Å²) in [6, 6.07) is 14.5. The highest BCUT2D eigenvalue weighted by atomic mass is 32.2. The molecular weight excluding hydrogens is 277 g/mol. The zero-order valence-corrected chi connectivity index (χ0v) is 12.0. The lowest BCUT2D eigenvalue weighted by Gasteiger charge is -2.22. The Morgan fingerprint density at radius 3 is 2.15 bits per heavy atom. The van der Waals surface area contributed by atoms with E-state index in [0.717, 1.165) is 0 Å². The molecule has 0 heterocycles. The molecule has 0 aromatic heterocycles. The molecule has 5 heteroatoms. The fourth-order valence-corrected chi connectivity index (χ4v) is 3.61. The van der Waals surface area contributed by atoms with Crippen molar-refractivity contribution in [1.82, 2.24) is 0 Å². The number of para-hydroxylation sites is 1. The van der Waals surface area contributed by atoms with E-state index in [4.69, 9.17) is 0 Å². The van der Waals surface area contributed by atoms with Gasteiger partial charge < -0.3 is 0 Å². The van der Waals surface area contributed by atoms with Gasteiger partial charge in [0.15, 0.2) is 0 Å². The van der Waals surface area contributed by atoms with Gasteiger partial charge in [0.2, 0.25) is 10.0 Å². The maximum atomic E-state index is 12.8. The molecule has 0 saturated carbocycles. The number of rotatable bonds is 5. The summed E-state index contributed by atoms with van der Waals surface area (Å²) in [6.45, 7) is 2.14. The number of halogens is 1. The number of hydrogen-bond acceptors (Lipinski definition) is 2. The van der Waals surface area contributed by atoms with Crippen LogP contribution in [-0.4, -0.2) is 15.0 Å². The van der Waals surface area contributed by atoms with Crippen LogP contribution < -0.4 is 4.31 Å². The van der Waals surface area contributed by atoms with Gasteiger partial charge in [-0.05, 0) is 36.8 Å². The molecule has 2 aromatic carbocycles. The van der Waals surface area contributed by atoms with Gasteiger partial charge in [0.25, 0.3) is 0 Å². The highest BCUT2D eigenvalue weighted by molar-refractivity contribution is 7.92. The van der Waals surface area contributed by atoms with E-state index in [1.807, 2.05) is 6.07 Å². The molecule has 0 aliphatic heterocycles. The van der Waals surface area contributed by atoms with Crippen molar-refractivity contribution >= 4 is 15.7 Å². The van der Waals surface area contributed by atoms with Crippen LogP contribution in [0, 0.1) is 5.82 Å². The van der Waals surface area contributed by atoms with Gasteiger partial charge in [0.1, 0.15) is 5.82 Å². The first kappa shape index (κ1) is 14.5. The largest absolute Gasteiger partial charge is 0.270 e. The van der Waals surface area contributed by atoms with Crippen molar-refractivity contribution in [3.8, 4) is 0 Å². The molecule has 0 amide bonds. The molecule has 0 aliphatic carbocycles. The highest BCUT2D eigenvalue weighted by Crippen LogP contribution is 2.20. The fourth-order valence-electron chi connectivity index (χ4n) is 2.00. The van der Waals surface area contributed by atoms with Crippen molar-refractivity contribution in [2.75, 3.05) is 10.8 Å². The Bertz CT molecular complexity index is 654. The van der Waals surface area contributed by atoms with Crippen LogP contribution in [0.4, 0.5) is 10.1 Å². The average molecular weight is 293 g/mol. The van der Waals surface area contributed by atoms with E-state index in [1.54, 1.807) is 31.2 Å². The van der Waals surface area contributed by atoms with Crippen molar-refractivity contribution < 1.29 is 12.8 Å². The minimum absolute atomic E-state index is 0.143. The molecule has 2 rings (SSSR count). The standard InChI is InChI=1S/C15H16FNO2S/c1-2-17(15-6-4-3-5-7-15)20(18,19)12-13-8-10-14(16)11-9-13/h3-11H,2,12H2,1H3. The second kappa shape index (κ2) is 6.05. The van der Waals surface area contributed by atoms with Gasteiger partial charge in [0.05, 0.1) is 11.4 Å². The van der Waals surface area contributed by atoms with E-state index in [1.165, 1.54) is 28.6 Å². The van der Waals surface area contributed by atoms with Crippen LogP contribution in [0.5, 0.6) is 0 Å². The topological polar surface area (TPSA) is 37.4 Å². The molecule has 106 valence electrons. The van der Waals surface area contributed by atoms with Gasteiger partial charge in [-0.1, -0.05) is 30.3 Å². The summed E-state index contributed by atoms with van der Waals surface area (Å²) in [4.78, 5) is 0. The van der Waals surface area contributed by atoms with Crippen molar-refractivity contribution in [3.05, 3.63) is 66.0 Å². The molecule has 0 saturated heterocycles. The third-order valence-electron chi connectivity index (χ3n) is 2.93. The molecule has 20 heavy (non-hydrogen) atoms. The normalized spacial score (nSPS) is 11.3. The fraction of sp³-hybridized carbons (Fsp3) is 0.200. The van der Waals surface area contributed by atoms with Crippen LogP contribution in [0.25, 0.3) is 0 Å². The Balaban J connectivity index is 2.26. The quantitative estimate of drug-likeness (QED) is 0.849. The van der Waals surface area contributed by atoms with Crippen LogP contribution in [0.2, 0.25) is 0 Å². The van der Waals surface area contributed by atoms with Gasteiger partial charge in [0, 0.05) is 6.54 Å². The van der Waals surface area contributed by atoms with Gasteiger partial charge in [-0.15, -0.1) is 0 Å². The third-order valence-corrected chi connectivity index (χ3v) is 4.77. The predicted molar refractivity (Wildman–Crippen MR) is 78.5 cm³/mol. The van der Waals surface area contributed by atoms with Crippen molar-refractivity contribution in [1.29, 1.82) is 0 Å². The first-order valence-corrected chi connectivity index (χ1v) is 7.94. The average Bonchev–Trinajstić information content (AvgIpc) is 2.43. The van der Waals surface area contributed by atoms with E-state index >= 15 is 0 Å². The zero-order valence-electron chi connectivity index (χ0n) is 11.2. The highest BCUT2D eigenvalue weighted by Gasteiger charge is 2.21. The number of nitrogens with zero attached hydrogens (tertiary/aromatic N) is 1. The summed E-state index contributed by atoms with van der Waals surface area (Å²) in [5.41, 5.74) is 1.21. The van der Waals surface area contributed by atoms with Crippen LogP contribution in [-0.2, 0) is 15.8 Å². The molecule has 0 fully saturated rings. The van der Waals surface area contributed by atoms with E-state index in [9.17, 15) is 12.8 Å². The number of benzene rings is 2. The minimum Gasteiger partial charge on any atom is -0.270 e. The van der Waals surface area contributed by atoms with Crippen molar-refractivity contribution in [2.24, 2.45) is 0 Å². The molecular formula is C15H16FNO2S. The summed E-state index contributed by atoms with van der Waals surface area (Å²) in [7, 11) is -3.48. The molecule has 0 aliphatic rings. The number of hydrogen-bond donors (Lipinski definition) is 0. The van der Waals surface area contributed by atoms with Gasteiger partial charge in [-0.25, -0.2) is 12.8 Å². The van der Waals surface area contributed by atoms with E-state index in [-0.39, 0.29) is 11.6 Å². The van der Waals surface area contributed by atoms with Crippen LogP contribution >= 0.6 is 0 Å². The Morgan fingerprint density at radius 2 is 1.60 bits per heavy atom. The minimum atomic E-state index is -3.48. The Morgan fingerprint density at radius 1 is 1.00 bits per heavy atom. The third kappa shape index (κ3) is 3.36. The molecule has 0 unspecified atom stereocenters. The van der Waals surface area contributed by atoms with E-state index in [2.05, 4.69) is 0 Å². The van der Waals surface area contributed by atoms with Gasteiger partial charge in [-0.3, -0.25) is 4.31 Å². The first-order chi connectivity index (χ1) is 9.53. The summed E-state index contributed by atoms with van der Waals surface area (Å²) in [6.07, 6.45) is 0. The maximum absolute atomic E-state index is 12.8. The van der Waals surface area contributed by atoms with Crippen molar-refractivity contribution in [2.45, 2.75) is 12.7 Å². The second-order valence-corrected chi connectivity index (χ2v) is 6.28. The monoisotopic (exact) mass is 293 g/mol. The molecule has 3 nitrogen and oxygen atoms in total. The van der Waals surface area contributed by atoms with Crippen molar-refractivity contribution in [3.63, 3.8) is 0 Å². The predicted octanol–water partition coefficient (Wildman–Crippen LogP) is 3.18. The number of anilines is 1. The lowest BCUT2D eigenvalue weighted by Crippen LogP contribution is -2.31. The lowest BCUT2D eigenvalue weighted by molar-refractivity contribution is 0.590. The van der Waals surface area contributed by atoms with E-state index in [0.29, 0.717) is 17.8 Å². The molecule has 0 bridgehead atoms. The zero-order chi connectivity index (χ0) is 14.6. The summed E-state index contributed by atoms with van der Waals surface area (Å²) < 4.78 is 39.1. The SMILES string of the molecule is CCN(c1ccccc1)S(=O)(=O)Cc1ccc(F)cc1. The molecule has 0 N–H and O–H groups in total. The summed E-state index contributed by atoms with van der Waals surface area (Å²) >= 11 is 0. The molecule has 2 aromatic rings. The lowest BCUT2D eigenvalue weighted by atomic mass is 10.2. The molecule has 0 atom stereocenters.